The van der Waals surface area contributed by atoms with Crippen LogP contribution < -0.4 is 10.9 Å². The van der Waals surface area contributed by atoms with Crippen molar-refractivity contribution in [2.24, 2.45) is 0 Å². The predicted octanol–water partition coefficient (Wildman–Crippen LogP) is 3.09. The maximum Gasteiger partial charge on any atom is 0.336 e. The van der Waals surface area contributed by atoms with Crippen LogP contribution in [0.1, 0.15) is 24.1 Å². The number of nitrogens with two attached hydrogens (primary N) is 1. The largest absolute Gasteiger partial charge is 0.508 e. The van der Waals surface area contributed by atoms with Gasteiger partial charge in [0.25, 0.3) is 0 Å². The molecular formula is C18H17BrNO3+. The van der Waals surface area contributed by atoms with Gasteiger partial charge in [0.15, 0.2) is 0 Å². The van der Waals surface area contributed by atoms with Crippen LogP contribution in [0, 0.1) is 0 Å². The lowest BCUT2D eigenvalue weighted by Gasteiger charge is -2.12. The first-order valence-corrected chi connectivity index (χ1v) is 8.17. The third-order valence-electron chi connectivity index (χ3n) is 3.90. The molecule has 3 N–H and O–H groups in total. The number of rotatable bonds is 4. The Morgan fingerprint density at radius 3 is 2.65 bits per heavy atom. The van der Waals surface area contributed by atoms with Crippen molar-refractivity contribution in [3.05, 3.63) is 74.6 Å². The Bertz CT molecular complexity index is 887. The van der Waals surface area contributed by atoms with Crippen LogP contribution in [0.25, 0.3) is 11.0 Å². The minimum absolute atomic E-state index is 0.0880. The van der Waals surface area contributed by atoms with E-state index in [4.69, 9.17) is 4.42 Å². The summed E-state index contributed by atoms with van der Waals surface area (Å²) < 4.78 is 6.21. The predicted molar refractivity (Wildman–Crippen MR) is 92.3 cm³/mol. The molecule has 1 heterocycles. The molecule has 23 heavy (non-hydrogen) atoms. The fourth-order valence-corrected chi connectivity index (χ4v) is 2.86. The molecule has 3 rings (SSSR count). The summed E-state index contributed by atoms with van der Waals surface area (Å²) in [5.74, 6) is 0.0880. The molecule has 118 valence electrons. The van der Waals surface area contributed by atoms with Crippen LogP contribution in [-0.4, -0.2) is 5.11 Å². The topological polar surface area (TPSA) is 67.0 Å². The fourth-order valence-electron chi connectivity index (χ4n) is 2.59. The van der Waals surface area contributed by atoms with Gasteiger partial charge in [0.1, 0.15) is 23.9 Å². The van der Waals surface area contributed by atoms with Crippen molar-refractivity contribution in [2.45, 2.75) is 19.5 Å². The maximum absolute atomic E-state index is 11.7. The normalized spacial score (nSPS) is 12.4. The number of hydrogen-bond acceptors (Lipinski definition) is 3. The second-order valence-corrected chi connectivity index (χ2v) is 6.47. The molecule has 0 amide bonds. The average Bonchev–Trinajstić information content (AvgIpc) is 2.52. The van der Waals surface area contributed by atoms with E-state index in [1.165, 1.54) is 17.7 Å². The van der Waals surface area contributed by atoms with Gasteiger partial charge in [0, 0.05) is 33.1 Å². The molecule has 3 aromatic rings. The fraction of sp³-hybridized carbons (Fsp3) is 0.167. The number of quaternary nitrogens is 1. The molecule has 0 bridgehead atoms. The maximum atomic E-state index is 11.7. The van der Waals surface area contributed by atoms with Gasteiger partial charge in [-0.05, 0) is 31.2 Å². The lowest BCUT2D eigenvalue weighted by Crippen LogP contribution is -2.83. The van der Waals surface area contributed by atoms with Crippen molar-refractivity contribution in [3.8, 4) is 5.75 Å². The highest BCUT2D eigenvalue weighted by atomic mass is 79.9. The van der Waals surface area contributed by atoms with E-state index < -0.39 is 5.63 Å². The minimum atomic E-state index is -0.400. The summed E-state index contributed by atoms with van der Waals surface area (Å²) in [4.78, 5) is 11.7. The molecule has 1 aromatic heterocycles. The van der Waals surface area contributed by atoms with Gasteiger partial charge in [-0.1, -0.05) is 28.1 Å². The number of fused-ring (bicyclic) bond motifs is 1. The van der Waals surface area contributed by atoms with E-state index in [0.29, 0.717) is 12.1 Å². The number of hydrogen-bond donors (Lipinski definition) is 2. The third-order valence-corrected chi connectivity index (χ3v) is 4.43. The molecule has 0 aliphatic heterocycles. The van der Waals surface area contributed by atoms with Crippen LogP contribution in [-0.2, 0) is 6.54 Å². The van der Waals surface area contributed by atoms with Crippen LogP contribution in [0.15, 0.2) is 62.2 Å². The Labute approximate surface area is 141 Å². The second-order valence-electron chi connectivity index (χ2n) is 5.55. The third kappa shape index (κ3) is 3.63. The Kier molecular flexibility index (Phi) is 4.50. The smallest absolute Gasteiger partial charge is 0.336 e. The molecule has 1 atom stereocenters. The quantitative estimate of drug-likeness (QED) is 0.689. The number of halogens is 1. The molecule has 5 heteroatoms. The zero-order valence-corrected chi connectivity index (χ0v) is 14.2. The summed E-state index contributed by atoms with van der Waals surface area (Å²) in [5.41, 5.74) is 2.14. The van der Waals surface area contributed by atoms with Gasteiger partial charge in [-0.2, -0.15) is 0 Å². The Morgan fingerprint density at radius 1 is 1.17 bits per heavy atom. The summed E-state index contributed by atoms with van der Waals surface area (Å²) in [6.45, 7) is 2.78. The lowest BCUT2D eigenvalue weighted by atomic mass is 10.1. The highest BCUT2D eigenvalue weighted by molar-refractivity contribution is 9.10. The highest BCUT2D eigenvalue weighted by Gasteiger charge is 2.12. The molecule has 2 aromatic carbocycles. The molecule has 0 aliphatic rings. The molecule has 0 aliphatic carbocycles. The SMILES string of the molecule is C[C@@H]([NH2+]Cc1cc(=O)oc2cc(O)ccc12)c1ccc(Br)cc1. The van der Waals surface area contributed by atoms with Crippen molar-refractivity contribution < 1.29 is 14.8 Å². The average molecular weight is 375 g/mol. The minimum Gasteiger partial charge on any atom is -0.508 e. The monoisotopic (exact) mass is 374 g/mol. The van der Waals surface area contributed by atoms with Crippen molar-refractivity contribution in [1.82, 2.24) is 0 Å². The first-order chi connectivity index (χ1) is 11.0. The molecule has 0 spiro atoms. The van der Waals surface area contributed by atoms with E-state index in [2.05, 4.69) is 40.3 Å². The van der Waals surface area contributed by atoms with Crippen LogP contribution in [0.4, 0.5) is 0 Å². The Morgan fingerprint density at radius 2 is 1.91 bits per heavy atom. The molecular weight excluding hydrogens is 358 g/mol. The van der Waals surface area contributed by atoms with Crippen LogP contribution in [0.2, 0.25) is 0 Å². The van der Waals surface area contributed by atoms with Crippen molar-refractivity contribution >= 4 is 26.9 Å². The highest BCUT2D eigenvalue weighted by Crippen LogP contribution is 2.21. The van der Waals surface area contributed by atoms with E-state index in [0.717, 1.165) is 15.4 Å². The Hall–Kier alpha value is -2.11. The van der Waals surface area contributed by atoms with E-state index >= 15 is 0 Å². The molecule has 0 unspecified atom stereocenters. The zero-order chi connectivity index (χ0) is 16.4. The van der Waals surface area contributed by atoms with E-state index in [9.17, 15) is 9.90 Å². The van der Waals surface area contributed by atoms with Crippen LogP contribution in [0.3, 0.4) is 0 Å². The van der Waals surface area contributed by atoms with E-state index in [-0.39, 0.29) is 11.8 Å². The number of aromatic hydroxyl groups is 1. The zero-order valence-electron chi connectivity index (χ0n) is 12.6. The Balaban J connectivity index is 1.84. The number of phenols is 1. The first kappa shape index (κ1) is 15.8. The van der Waals surface area contributed by atoms with Gasteiger partial charge in [-0.25, -0.2) is 4.79 Å². The van der Waals surface area contributed by atoms with Gasteiger partial charge in [0.05, 0.1) is 0 Å². The first-order valence-electron chi connectivity index (χ1n) is 7.37. The van der Waals surface area contributed by atoms with Gasteiger partial charge < -0.3 is 14.8 Å². The van der Waals surface area contributed by atoms with Gasteiger partial charge in [-0.15, -0.1) is 0 Å². The molecule has 0 fully saturated rings. The number of phenolic OH excluding ortho intramolecular Hbond substituents is 1. The lowest BCUT2D eigenvalue weighted by molar-refractivity contribution is -0.707. The summed E-state index contributed by atoms with van der Waals surface area (Å²) in [6, 6.07) is 14.8. The van der Waals surface area contributed by atoms with E-state index in [1.807, 2.05) is 12.1 Å². The number of benzene rings is 2. The summed E-state index contributed by atoms with van der Waals surface area (Å²) >= 11 is 3.44. The molecule has 0 radical (unpaired) electrons. The van der Waals surface area contributed by atoms with Gasteiger partial charge in [-0.3, -0.25) is 0 Å². The van der Waals surface area contributed by atoms with Crippen molar-refractivity contribution in [2.75, 3.05) is 0 Å². The van der Waals surface area contributed by atoms with Crippen LogP contribution >= 0.6 is 15.9 Å². The summed E-state index contributed by atoms with van der Waals surface area (Å²) in [6.07, 6.45) is 0. The van der Waals surface area contributed by atoms with Gasteiger partial charge >= 0.3 is 5.63 Å². The van der Waals surface area contributed by atoms with Gasteiger partial charge in [0.2, 0.25) is 0 Å². The second kappa shape index (κ2) is 6.56. The summed E-state index contributed by atoms with van der Waals surface area (Å²) in [5, 5.41) is 12.5. The standard InChI is InChI=1S/C18H16BrNO3/c1-11(12-2-4-14(19)5-3-12)20-10-13-8-18(22)23-17-9-15(21)6-7-16(13)17/h2-9,11,20-21H,10H2,1H3/p+1/t11-/m1/s1. The molecule has 0 saturated heterocycles. The van der Waals surface area contributed by atoms with Crippen molar-refractivity contribution in [3.63, 3.8) is 0 Å². The van der Waals surface area contributed by atoms with Crippen LogP contribution in [0.5, 0.6) is 5.75 Å². The van der Waals surface area contributed by atoms with E-state index in [1.54, 1.807) is 12.1 Å². The molecule has 0 saturated carbocycles. The summed E-state index contributed by atoms with van der Waals surface area (Å²) in [7, 11) is 0. The van der Waals surface area contributed by atoms with Crippen molar-refractivity contribution in [1.29, 1.82) is 0 Å². The molecule has 4 nitrogen and oxygen atoms in total.